The Balaban J connectivity index is 1.76. The van der Waals surface area contributed by atoms with Crippen molar-refractivity contribution < 1.29 is 24.5 Å². The van der Waals surface area contributed by atoms with E-state index in [0.717, 1.165) is 5.56 Å². The van der Waals surface area contributed by atoms with E-state index in [9.17, 15) is 14.7 Å². The second-order valence-corrected chi connectivity index (χ2v) is 4.89. The Morgan fingerprint density at radius 3 is 2.48 bits per heavy atom. The Hall–Kier alpha value is -3.02. The zero-order valence-electron chi connectivity index (χ0n) is 12.4. The van der Waals surface area contributed by atoms with Gasteiger partial charge in [0.1, 0.15) is 12.4 Å². The van der Waals surface area contributed by atoms with Crippen LogP contribution in [0.4, 0.5) is 4.79 Å². The molecule has 0 fully saturated rings. The molecule has 6 heteroatoms. The quantitative estimate of drug-likeness (QED) is 0.761. The van der Waals surface area contributed by atoms with Gasteiger partial charge in [-0.3, -0.25) is 0 Å². The average Bonchev–Trinajstić information content (AvgIpc) is 2.55. The third-order valence-electron chi connectivity index (χ3n) is 3.21. The SMILES string of the molecule is O=C(NCCc1ccc(C(=O)O)cc1O)OCc1ccccc1. The predicted octanol–water partition coefficient (Wildman–Crippen LogP) is 2.56. The van der Waals surface area contributed by atoms with E-state index >= 15 is 0 Å². The summed E-state index contributed by atoms with van der Waals surface area (Å²) in [5.41, 5.74) is 1.46. The van der Waals surface area contributed by atoms with E-state index in [1.54, 1.807) is 0 Å². The molecule has 0 saturated carbocycles. The summed E-state index contributed by atoms with van der Waals surface area (Å²) >= 11 is 0. The van der Waals surface area contributed by atoms with Crippen molar-refractivity contribution in [2.45, 2.75) is 13.0 Å². The Bertz CT molecular complexity index is 685. The zero-order chi connectivity index (χ0) is 16.7. The van der Waals surface area contributed by atoms with Crippen LogP contribution >= 0.6 is 0 Å². The van der Waals surface area contributed by atoms with Crippen LogP contribution in [0.25, 0.3) is 0 Å². The molecule has 0 aromatic heterocycles. The standard InChI is InChI=1S/C17H17NO5/c19-15-10-14(16(20)21)7-6-13(15)8-9-18-17(22)23-11-12-4-2-1-3-5-12/h1-7,10,19H,8-9,11H2,(H,18,22)(H,20,21). The van der Waals surface area contributed by atoms with Gasteiger partial charge in [-0.05, 0) is 29.7 Å². The fourth-order valence-electron chi connectivity index (χ4n) is 1.98. The molecule has 0 bridgehead atoms. The number of phenols is 1. The predicted molar refractivity (Wildman–Crippen MR) is 83.4 cm³/mol. The summed E-state index contributed by atoms with van der Waals surface area (Å²) in [6.45, 7) is 0.457. The van der Waals surface area contributed by atoms with Crippen LogP contribution in [0.15, 0.2) is 48.5 Å². The molecule has 0 radical (unpaired) electrons. The van der Waals surface area contributed by atoms with E-state index in [0.29, 0.717) is 12.0 Å². The zero-order valence-corrected chi connectivity index (χ0v) is 12.4. The van der Waals surface area contributed by atoms with Crippen molar-refractivity contribution >= 4 is 12.1 Å². The molecule has 23 heavy (non-hydrogen) atoms. The summed E-state index contributed by atoms with van der Waals surface area (Å²) < 4.78 is 5.06. The smallest absolute Gasteiger partial charge is 0.407 e. The lowest BCUT2D eigenvalue weighted by molar-refractivity contribution is 0.0696. The first-order valence-corrected chi connectivity index (χ1v) is 7.06. The number of hydrogen-bond donors (Lipinski definition) is 3. The Labute approximate surface area is 133 Å². The molecular formula is C17H17NO5. The van der Waals surface area contributed by atoms with Crippen molar-refractivity contribution in [3.63, 3.8) is 0 Å². The fraction of sp³-hybridized carbons (Fsp3) is 0.176. The first kappa shape index (κ1) is 16.4. The van der Waals surface area contributed by atoms with Crippen LogP contribution < -0.4 is 5.32 Å². The molecular weight excluding hydrogens is 298 g/mol. The van der Waals surface area contributed by atoms with Crippen LogP contribution in [-0.2, 0) is 17.8 Å². The number of carboxylic acid groups (broad SMARTS) is 1. The van der Waals surface area contributed by atoms with E-state index in [2.05, 4.69) is 5.32 Å². The van der Waals surface area contributed by atoms with Crippen LogP contribution in [-0.4, -0.2) is 28.8 Å². The highest BCUT2D eigenvalue weighted by molar-refractivity contribution is 5.88. The van der Waals surface area contributed by atoms with E-state index in [1.807, 2.05) is 30.3 Å². The number of aromatic hydroxyl groups is 1. The maximum atomic E-state index is 11.6. The summed E-state index contributed by atoms with van der Waals surface area (Å²) in [7, 11) is 0. The molecule has 0 saturated heterocycles. The minimum atomic E-state index is -1.10. The summed E-state index contributed by atoms with van der Waals surface area (Å²) in [6, 6.07) is 13.4. The molecule has 0 heterocycles. The molecule has 0 atom stereocenters. The minimum Gasteiger partial charge on any atom is -0.508 e. The minimum absolute atomic E-state index is 0.0153. The van der Waals surface area contributed by atoms with Gasteiger partial charge in [0.25, 0.3) is 0 Å². The molecule has 0 unspecified atom stereocenters. The van der Waals surface area contributed by atoms with Gasteiger partial charge in [-0.1, -0.05) is 36.4 Å². The van der Waals surface area contributed by atoms with E-state index in [1.165, 1.54) is 18.2 Å². The number of ether oxygens (including phenoxy) is 1. The number of rotatable bonds is 6. The first-order chi connectivity index (χ1) is 11.1. The van der Waals surface area contributed by atoms with Gasteiger partial charge in [-0.15, -0.1) is 0 Å². The summed E-state index contributed by atoms with van der Waals surface area (Å²) in [4.78, 5) is 22.3. The number of aromatic carboxylic acids is 1. The van der Waals surface area contributed by atoms with Gasteiger partial charge in [0.15, 0.2) is 0 Å². The maximum Gasteiger partial charge on any atom is 0.407 e. The molecule has 1 amide bonds. The van der Waals surface area contributed by atoms with Gasteiger partial charge in [-0.2, -0.15) is 0 Å². The van der Waals surface area contributed by atoms with Crippen LogP contribution in [0, 0.1) is 0 Å². The number of benzene rings is 2. The van der Waals surface area contributed by atoms with Gasteiger partial charge in [-0.25, -0.2) is 9.59 Å². The molecule has 2 aromatic rings. The molecule has 120 valence electrons. The summed E-state index contributed by atoms with van der Waals surface area (Å²) in [6.07, 6.45) is -0.179. The molecule has 6 nitrogen and oxygen atoms in total. The Morgan fingerprint density at radius 1 is 1.09 bits per heavy atom. The van der Waals surface area contributed by atoms with Crippen LogP contribution in [0.2, 0.25) is 0 Å². The van der Waals surface area contributed by atoms with Crippen molar-refractivity contribution in [3.05, 3.63) is 65.2 Å². The largest absolute Gasteiger partial charge is 0.508 e. The highest BCUT2D eigenvalue weighted by Crippen LogP contribution is 2.19. The highest BCUT2D eigenvalue weighted by Gasteiger charge is 2.08. The summed E-state index contributed by atoms with van der Waals surface area (Å²) in [5, 5.41) is 21.1. The van der Waals surface area contributed by atoms with Crippen molar-refractivity contribution in [3.8, 4) is 5.75 Å². The number of alkyl carbamates (subject to hydrolysis) is 1. The first-order valence-electron chi connectivity index (χ1n) is 7.06. The van der Waals surface area contributed by atoms with Gasteiger partial charge >= 0.3 is 12.1 Å². The molecule has 0 aliphatic rings. The monoisotopic (exact) mass is 315 g/mol. The van der Waals surface area contributed by atoms with Crippen LogP contribution in [0.1, 0.15) is 21.5 Å². The van der Waals surface area contributed by atoms with E-state index in [-0.39, 0.29) is 24.5 Å². The lowest BCUT2D eigenvalue weighted by atomic mass is 10.1. The topological polar surface area (TPSA) is 95.9 Å². The number of carboxylic acids is 1. The second-order valence-electron chi connectivity index (χ2n) is 4.89. The van der Waals surface area contributed by atoms with Gasteiger partial charge in [0.05, 0.1) is 5.56 Å². The molecule has 3 N–H and O–H groups in total. The number of carbonyl (C=O) groups excluding carboxylic acids is 1. The molecule has 2 rings (SSSR count). The third kappa shape index (κ3) is 5.03. The third-order valence-corrected chi connectivity index (χ3v) is 3.21. The van der Waals surface area contributed by atoms with Gasteiger partial charge < -0.3 is 20.3 Å². The maximum absolute atomic E-state index is 11.6. The number of nitrogens with one attached hydrogen (secondary N) is 1. The number of amides is 1. The van der Waals surface area contributed by atoms with Crippen LogP contribution in [0.3, 0.4) is 0 Å². The van der Waals surface area contributed by atoms with Crippen molar-refractivity contribution in [2.24, 2.45) is 0 Å². The Kier molecular flexibility index (Phi) is 5.57. The lowest BCUT2D eigenvalue weighted by Gasteiger charge is -2.08. The molecule has 0 spiro atoms. The fourth-order valence-corrected chi connectivity index (χ4v) is 1.98. The number of phenolic OH excluding ortho intramolecular Hbond substituents is 1. The van der Waals surface area contributed by atoms with Crippen LogP contribution in [0.5, 0.6) is 5.75 Å². The normalized spacial score (nSPS) is 10.1. The summed E-state index contributed by atoms with van der Waals surface area (Å²) in [5.74, 6) is -1.21. The second kappa shape index (κ2) is 7.84. The Morgan fingerprint density at radius 2 is 1.83 bits per heavy atom. The molecule has 0 aliphatic carbocycles. The molecule has 2 aromatic carbocycles. The van der Waals surface area contributed by atoms with Gasteiger partial charge in [0, 0.05) is 6.54 Å². The average molecular weight is 315 g/mol. The van der Waals surface area contributed by atoms with E-state index < -0.39 is 12.1 Å². The number of hydrogen-bond acceptors (Lipinski definition) is 4. The molecule has 0 aliphatic heterocycles. The number of carbonyl (C=O) groups is 2. The van der Waals surface area contributed by atoms with Crippen molar-refractivity contribution in [1.29, 1.82) is 0 Å². The van der Waals surface area contributed by atoms with Gasteiger partial charge in [0.2, 0.25) is 0 Å². The lowest BCUT2D eigenvalue weighted by Crippen LogP contribution is -2.26. The van der Waals surface area contributed by atoms with Crippen molar-refractivity contribution in [1.82, 2.24) is 5.32 Å². The highest BCUT2D eigenvalue weighted by atomic mass is 16.5. The van der Waals surface area contributed by atoms with E-state index in [4.69, 9.17) is 9.84 Å². The van der Waals surface area contributed by atoms with Crippen molar-refractivity contribution in [2.75, 3.05) is 6.54 Å².